The van der Waals surface area contributed by atoms with Crippen LogP contribution in [-0.2, 0) is 0 Å². The predicted molar refractivity (Wildman–Crippen MR) is 79.5 cm³/mol. The summed E-state index contributed by atoms with van der Waals surface area (Å²) >= 11 is 0. The average Bonchev–Trinajstić information content (AvgIpc) is 2.48. The maximum absolute atomic E-state index is 11.3. The fraction of sp³-hybridized carbons (Fsp3) is 0.125. The monoisotopic (exact) mass is 285 g/mol. The normalized spacial score (nSPS) is 10.1. The first-order valence-electron chi connectivity index (χ1n) is 6.48. The smallest absolute Gasteiger partial charge is 0.337 e. The third-order valence-corrected chi connectivity index (χ3v) is 3.17. The maximum atomic E-state index is 11.3. The minimum absolute atomic E-state index is 0.138. The minimum atomic E-state index is -1.04. The standard InChI is InChI=1S/C16H15NO4/c1-2-17(13-9-5-3-7-11(13)15(18)19)14-10-6-4-8-12(14)16(20)21/h3-10H,2H2,1H3,(H,18,19)(H,20,21). The summed E-state index contributed by atoms with van der Waals surface area (Å²) in [6.45, 7) is 2.30. The molecule has 0 atom stereocenters. The van der Waals surface area contributed by atoms with Crippen molar-refractivity contribution in [2.45, 2.75) is 6.92 Å². The second kappa shape index (κ2) is 6.09. The number of para-hydroxylation sites is 2. The summed E-state index contributed by atoms with van der Waals surface area (Å²) in [5, 5.41) is 18.6. The quantitative estimate of drug-likeness (QED) is 0.881. The summed E-state index contributed by atoms with van der Waals surface area (Å²) < 4.78 is 0. The molecule has 0 fully saturated rings. The van der Waals surface area contributed by atoms with Crippen LogP contribution in [-0.4, -0.2) is 28.7 Å². The van der Waals surface area contributed by atoms with Crippen LogP contribution in [0.1, 0.15) is 27.6 Å². The van der Waals surface area contributed by atoms with Gasteiger partial charge in [0.2, 0.25) is 0 Å². The van der Waals surface area contributed by atoms with E-state index < -0.39 is 11.9 Å². The first-order chi connectivity index (χ1) is 10.1. The van der Waals surface area contributed by atoms with E-state index >= 15 is 0 Å². The van der Waals surface area contributed by atoms with Gasteiger partial charge >= 0.3 is 11.9 Å². The Hall–Kier alpha value is -2.82. The zero-order valence-corrected chi connectivity index (χ0v) is 11.5. The van der Waals surface area contributed by atoms with Crippen molar-refractivity contribution in [2.24, 2.45) is 0 Å². The Balaban J connectivity index is 2.61. The number of rotatable bonds is 5. The highest BCUT2D eigenvalue weighted by molar-refractivity contribution is 5.99. The molecule has 0 amide bonds. The van der Waals surface area contributed by atoms with E-state index in [0.717, 1.165) is 0 Å². The van der Waals surface area contributed by atoms with Crippen molar-refractivity contribution in [2.75, 3.05) is 11.4 Å². The van der Waals surface area contributed by atoms with E-state index in [9.17, 15) is 19.8 Å². The number of carboxylic acids is 2. The summed E-state index contributed by atoms with van der Waals surface area (Å²) in [6.07, 6.45) is 0. The number of nitrogens with zero attached hydrogens (tertiary/aromatic N) is 1. The molecule has 0 saturated heterocycles. The fourth-order valence-electron chi connectivity index (χ4n) is 2.25. The van der Waals surface area contributed by atoms with Crippen LogP contribution in [0.15, 0.2) is 48.5 Å². The van der Waals surface area contributed by atoms with Gasteiger partial charge in [0.1, 0.15) is 0 Å². The van der Waals surface area contributed by atoms with Gasteiger partial charge < -0.3 is 15.1 Å². The summed E-state index contributed by atoms with van der Waals surface area (Å²) in [5.74, 6) is -2.09. The van der Waals surface area contributed by atoms with Crippen molar-refractivity contribution in [3.05, 3.63) is 59.7 Å². The third kappa shape index (κ3) is 2.86. The first kappa shape index (κ1) is 14.6. The van der Waals surface area contributed by atoms with Gasteiger partial charge in [0.05, 0.1) is 22.5 Å². The van der Waals surface area contributed by atoms with E-state index in [1.54, 1.807) is 41.3 Å². The fourth-order valence-corrected chi connectivity index (χ4v) is 2.25. The molecule has 0 spiro atoms. The minimum Gasteiger partial charge on any atom is -0.478 e. The molecule has 0 aliphatic rings. The molecule has 0 heterocycles. The van der Waals surface area contributed by atoms with Crippen LogP contribution in [0, 0.1) is 0 Å². The van der Waals surface area contributed by atoms with Crippen LogP contribution in [0.4, 0.5) is 11.4 Å². The van der Waals surface area contributed by atoms with Gasteiger partial charge in [0.15, 0.2) is 0 Å². The van der Waals surface area contributed by atoms with Crippen LogP contribution in [0.25, 0.3) is 0 Å². The number of hydrogen-bond donors (Lipinski definition) is 2. The molecule has 2 N–H and O–H groups in total. The lowest BCUT2D eigenvalue weighted by atomic mass is 10.1. The number of benzene rings is 2. The largest absolute Gasteiger partial charge is 0.478 e. The SMILES string of the molecule is CCN(c1ccccc1C(=O)O)c1ccccc1C(=O)O. The van der Waals surface area contributed by atoms with E-state index in [1.165, 1.54) is 12.1 Å². The van der Waals surface area contributed by atoms with Crippen LogP contribution < -0.4 is 4.90 Å². The van der Waals surface area contributed by atoms with E-state index in [4.69, 9.17) is 0 Å². The summed E-state index contributed by atoms with van der Waals surface area (Å²) in [7, 11) is 0. The van der Waals surface area contributed by atoms with Gasteiger partial charge in [-0.25, -0.2) is 9.59 Å². The van der Waals surface area contributed by atoms with Crippen LogP contribution in [0.2, 0.25) is 0 Å². The van der Waals surface area contributed by atoms with Gasteiger partial charge in [-0.15, -0.1) is 0 Å². The molecule has 0 radical (unpaired) electrons. The van der Waals surface area contributed by atoms with Crippen molar-refractivity contribution in [1.82, 2.24) is 0 Å². The Morgan fingerprint density at radius 3 is 1.57 bits per heavy atom. The highest BCUT2D eigenvalue weighted by Crippen LogP contribution is 2.31. The Bertz CT molecular complexity index is 624. The molecule has 0 saturated carbocycles. The summed E-state index contributed by atoms with van der Waals surface area (Å²) in [5.41, 5.74) is 1.22. The molecule has 0 aliphatic heterocycles. The summed E-state index contributed by atoms with van der Waals surface area (Å²) in [4.78, 5) is 24.4. The van der Waals surface area contributed by atoms with Gasteiger partial charge in [-0.2, -0.15) is 0 Å². The molecule has 0 aromatic heterocycles. The lowest BCUT2D eigenvalue weighted by Crippen LogP contribution is -2.21. The third-order valence-electron chi connectivity index (χ3n) is 3.17. The number of hydrogen-bond acceptors (Lipinski definition) is 3. The molecule has 0 unspecified atom stereocenters. The van der Waals surface area contributed by atoms with Crippen LogP contribution in [0.5, 0.6) is 0 Å². The number of anilines is 2. The van der Waals surface area contributed by atoms with Gasteiger partial charge in [-0.1, -0.05) is 24.3 Å². The highest BCUT2D eigenvalue weighted by Gasteiger charge is 2.20. The topological polar surface area (TPSA) is 77.8 Å². The molecular formula is C16H15NO4. The molecular weight excluding hydrogens is 270 g/mol. The molecule has 108 valence electrons. The molecule has 5 nitrogen and oxygen atoms in total. The number of carboxylic acid groups (broad SMARTS) is 2. The zero-order valence-electron chi connectivity index (χ0n) is 11.5. The van der Waals surface area contributed by atoms with Gasteiger partial charge in [0, 0.05) is 6.54 Å². The maximum Gasteiger partial charge on any atom is 0.337 e. The second-order valence-corrected chi connectivity index (χ2v) is 4.39. The van der Waals surface area contributed by atoms with E-state index in [2.05, 4.69) is 0 Å². The Labute approximate surface area is 122 Å². The lowest BCUT2D eigenvalue weighted by Gasteiger charge is -2.26. The average molecular weight is 285 g/mol. The van der Waals surface area contributed by atoms with Crippen molar-refractivity contribution in [3.8, 4) is 0 Å². The highest BCUT2D eigenvalue weighted by atomic mass is 16.4. The van der Waals surface area contributed by atoms with Crippen molar-refractivity contribution >= 4 is 23.3 Å². The van der Waals surface area contributed by atoms with Crippen molar-refractivity contribution in [1.29, 1.82) is 0 Å². The van der Waals surface area contributed by atoms with E-state index in [-0.39, 0.29) is 11.1 Å². The molecule has 2 rings (SSSR count). The van der Waals surface area contributed by atoms with Crippen LogP contribution >= 0.6 is 0 Å². The zero-order chi connectivity index (χ0) is 15.4. The number of carbonyl (C=O) groups is 2. The molecule has 0 aliphatic carbocycles. The van der Waals surface area contributed by atoms with E-state index in [0.29, 0.717) is 17.9 Å². The van der Waals surface area contributed by atoms with Crippen LogP contribution in [0.3, 0.4) is 0 Å². The Morgan fingerprint density at radius 2 is 1.24 bits per heavy atom. The molecule has 2 aromatic carbocycles. The molecule has 5 heteroatoms. The van der Waals surface area contributed by atoms with Crippen molar-refractivity contribution < 1.29 is 19.8 Å². The molecule has 2 aromatic rings. The Kier molecular flexibility index (Phi) is 4.23. The van der Waals surface area contributed by atoms with Gasteiger partial charge in [-0.05, 0) is 31.2 Å². The van der Waals surface area contributed by atoms with Crippen molar-refractivity contribution in [3.63, 3.8) is 0 Å². The molecule has 21 heavy (non-hydrogen) atoms. The van der Waals surface area contributed by atoms with E-state index in [1.807, 2.05) is 6.92 Å². The summed E-state index contributed by atoms with van der Waals surface area (Å²) in [6, 6.07) is 13.1. The first-order valence-corrected chi connectivity index (χ1v) is 6.48. The molecule has 0 bridgehead atoms. The van der Waals surface area contributed by atoms with Gasteiger partial charge in [-0.3, -0.25) is 0 Å². The number of aromatic carboxylic acids is 2. The Morgan fingerprint density at radius 1 is 0.857 bits per heavy atom. The lowest BCUT2D eigenvalue weighted by molar-refractivity contribution is 0.0688. The predicted octanol–water partition coefficient (Wildman–Crippen LogP) is 3.24. The van der Waals surface area contributed by atoms with Gasteiger partial charge in [0.25, 0.3) is 0 Å². The second-order valence-electron chi connectivity index (χ2n) is 4.39.